The molecule has 5 heteroatoms. The molecule has 1 aromatic heterocycles. The molecular formula is C13H18N4S. The molecule has 3 N–H and O–H groups in total. The SMILES string of the molecule is CC(N)CCNc1nc(Cc2ccccc2)ns1. The normalized spacial score (nSPS) is 12.3. The van der Waals surface area contributed by atoms with Crippen molar-refractivity contribution in [2.24, 2.45) is 5.73 Å². The molecule has 0 spiro atoms. The molecule has 0 fully saturated rings. The van der Waals surface area contributed by atoms with Crippen LogP contribution in [0.15, 0.2) is 30.3 Å². The Balaban J connectivity index is 1.86. The lowest BCUT2D eigenvalue weighted by Gasteiger charge is -2.04. The minimum atomic E-state index is 0.217. The highest BCUT2D eigenvalue weighted by Gasteiger charge is 2.04. The van der Waals surface area contributed by atoms with Crippen molar-refractivity contribution in [2.75, 3.05) is 11.9 Å². The van der Waals surface area contributed by atoms with Crippen LogP contribution in [0.1, 0.15) is 24.7 Å². The van der Waals surface area contributed by atoms with Crippen LogP contribution in [0.2, 0.25) is 0 Å². The van der Waals surface area contributed by atoms with Crippen molar-refractivity contribution in [2.45, 2.75) is 25.8 Å². The van der Waals surface area contributed by atoms with Gasteiger partial charge in [0.05, 0.1) is 0 Å². The Bertz CT molecular complexity index is 467. The second-order valence-electron chi connectivity index (χ2n) is 4.37. The number of benzene rings is 1. The van der Waals surface area contributed by atoms with Crippen molar-refractivity contribution in [3.8, 4) is 0 Å². The molecule has 1 heterocycles. The van der Waals surface area contributed by atoms with E-state index < -0.39 is 0 Å². The summed E-state index contributed by atoms with van der Waals surface area (Å²) in [6.07, 6.45) is 1.72. The average molecular weight is 262 g/mol. The minimum Gasteiger partial charge on any atom is -0.360 e. The van der Waals surface area contributed by atoms with E-state index in [9.17, 15) is 0 Å². The van der Waals surface area contributed by atoms with Crippen molar-refractivity contribution in [3.63, 3.8) is 0 Å². The predicted molar refractivity (Wildman–Crippen MR) is 75.9 cm³/mol. The highest BCUT2D eigenvalue weighted by Crippen LogP contribution is 2.14. The zero-order valence-electron chi connectivity index (χ0n) is 10.5. The Labute approximate surface area is 111 Å². The number of hydrogen-bond donors (Lipinski definition) is 2. The Morgan fingerprint density at radius 3 is 2.83 bits per heavy atom. The fourth-order valence-electron chi connectivity index (χ4n) is 1.58. The van der Waals surface area contributed by atoms with Crippen LogP contribution in [0.5, 0.6) is 0 Å². The van der Waals surface area contributed by atoms with Gasteiger partial charge in [0, 0.05) is 30.5 Å². The summed E-state index contributed by atoms with van der Waals surface area (Å²) in [6, 6.07) is 10.5. The van der Waals surface area contributed by atoms with E-state index in [0.717, 1.165) is 30.3 Å². The monoisotopic (exact) mass is 262 g/mol. The molecule has 96 valence electrons. The number of nitrogens with zero attached hydrogens (tertiary/aromatic N) is 2. The van der Waals surface area contributed by atoms with E-state index in [2.05, 4.69) is 26.8 Å². The van der Waals surface area contributed by atoms with Crippen molar-refractivity contribution >= 4 is 16.7 Å². The Kier molecular flexibility index (Phi) is 4.66. The number of rotatable bonds is 6. The molecule has 0 bridgehead atoms. The van der Waals surface area contributed by atoms with Crippen molar-refractivity contribution in [3.05, 3.63) is 41.7 Å². The predicted octanol–water partition coefficient (Wildman–Crippen LogP) is 2.28. The first-order valence-corrected chi connectivity index (χ1v) is 6.87. The van der Waals surface area contributed by atoms with E-state index in [1.54, 1.807) is 0 Å². The van der Waals surface area contributed by atoms with E-state index in [-0.39, 0.29) is 6.04 Å². The van der Waals surface area contributed by atoms with Gasteiger partial charge in [0.2, 0.25) is 5.13 Å². The van der Waals surface area contributed by atoms with E-state index in [0.29, 0.717) is 0 Å². The van der Waals surface area contributed by atoms with Crippen LogP contribution < -0.4 is 11.1 Å². The van der Waals surface area contributed by atoms with Crippen molar-refractivity contribution < 1.29 is 0 Å². The third-order valence-corrected chi connectivity index (χ3v) is 3.26. The van der Waals surface area contributed by atoms with Gasteiger partial charge in [-0.05, 0) is 18.9 Å². The summed E-state index contributed by atoms with van der Waals surface area (Å²) in [5.41, 5.74) is 6.93. The smallest absolute Gasteiger partial charge is 0.202 e. The van der Waals surface area contributed by atoms with Gasteiger partial charge in [-0.2, -0.15) is 4.37 Å². The van der Waals surface area contributed by atoms with Gasteiger partial charge >= 0.3 is 0 Å². The van der Waals surface area contributed by atoms with Gasteiger partial charge in [-0.25, -0.2) is 4.98 Å². The number of aromatic nitrogens is 2. The highest BCUT2D eigenvalue weighted by molar-refractivity contribution is 7.09. The molecule has 4 nitrogen and oxygen atoms in total. The molecule has 18 heavy (non-hydrogen) atoms. The first-order chi connectivity index (χ1) is 8.74. The van der Waals surface area contributed by atoms with Crippen LogP contribution in [0, 0.1) is 0 Å². The van der Waals surface area contributed by atoms with E-state index in [4.69, 9.17) is 5.73 Å². The third-order valence-electron chi connectivity index (χ3n) is 2.55. The van der Waals surface area contributed by atoms with Gasteiger partial charge in [-0.15, -0.1) is 0 Å². The van der Waals surface area contributed by atoms with E-state index in [1.807, 2.05) is 25.1 Å². The molecule has 2 aromatic rings. The fourth-order valence-corrected chi connectivity index (χ4v) is 2.19. The summed E-state index contributed by atoms with van der Waals surface area (Å²) in [4.78, 5) is 4.46. The molecule has 0 saturated heterocycles. The van der Waals surface area contributed by atoms with Crippen LogP contribution in [-0.4, -0.2) is 21.9 Å². The molecule has 1 atom stereocenters. The summed E-state index contributed by atoms with van der Waals surface area (Å²) in [5.74, 6) is 0.870. The second-order valence-corrected chi connectivity index (χ2v) is 5.12. The Morgan fingerprint density at radius 1 is 1.33 bits per heavy atom. The van der Waals surface area contributed by atoms with Crippen LogP contribution in [0.25, 0.3) is 0 Å². The molecule has 2 rings (SSSR count). The van der Waals surface area contributed by atoms with Crippen LogP contribution >= 0.6 is 11.5 Å². The highest BCUT2D eigenvalue weighted by atomic mass is 32.1. The quantitative estimate of drug-likeness (QED) is 0.838. The average Bonchev–Trinajstić information content (AvgIpc) is 2.78. The van der Waals surface area contributed by atoms with Crippen LogP contribution in [0.4, 0.5) is 5.13 Å². The van der Waals surface area contributed by atoms with Gasteiger partial charge in [0.15, 0.2) is 0 Å². The van der Waals surface area contributed by atoms with Crippen molar-refractivity contribution in [1.29, 1.82) is 0 Å². The lowest BCUT2D eigenvalue weighted by Crippen LogP contribution is -2.19. The third kappa shape index (κ3) is 4.09. The maximum atomic E-state index is 5.69. The Morgan fingerprint density at radius 2 is 2.11 bits per heavy atom. The van der Waals surface area contributed by atoms with Crippen molar-refractivity contribution in [1.82, 2.24) is 9.36 Å². The molecule has 0 aliphatic heterocycles. The lowest BCUT2D eigenvalue weighted by molar-refractivity contribution is 0.690. The largest absolute Gasteiger partial charge is 0.360 e. The number of anilines is 1. The van der Waals surface area contributed by atoms with Gasteiger partial charge in [-0.3, -0.25) is 0 Å². The van der Waals surface area contributed by atoms with Gasteiger partial charge in [-0.1, -0.05) is 30.3 Å². The van der Waals surface area contributed by atoms with E-state index >= 15 is 0 Å². The van der Waals surface area contributed by atoms with Crippen LogP contribution in [0.3, 0.4) is 0 Å². The molecule has 0 radical (unpaired) electrons. The molecule has 0 aliphatic carbocycles. The molecule has 0 amide bonds. The first-order valence-electron chi connectivity index (χ1n) is 6.10. The summed E-state index contributed by atoms with van der Waals surface area (Å²) in [7, 11) is 0. The number of hydrogen-bond acceptors (Lipinski definition) is 5. The maximum Gasteiger partial charge on any atom is 0.202 e. The molecule has 1 unspecified atom stereocenters. The van der Waals surface area contributed by atoms with Gasteiger partial charge in [0.25, 0.3) is 0 Å². The number of nitrogens with one attached hydrogen (secondary N) is 1. The number of nitrogens with two attached hydrogens (primary N) is 1. The maximum absolute atomic E-state index is 5.69. The van der Waals surface area contributed by atoms with Gasteiger partial charge < -0.3 is 11.1 Å². The second kappa shape index (κ2) is 6.47. The van der Waals surface area contributed by atoms with Crippen LogP contribution in [-0.2, 0) is 6.42 Å². The summed E-state index contributed by atoms with van der Waals surface area (Å²) in [5, 5.41) is 4.12. The zero-order valence-corrected chi connectivity index (χ0v) is 11.3. The molecule has 0 aliphatic rings. The lowest BCUT2D eigenvalue weighted by atomic mass is 10.1. The molecular weight excluding hydrogens is 244 g/mol. The summed E-state index contributed by atoms with van der Waals surface area (Å²) < 4.78 is 4.35. The minimum absolute atomic E-state index is 0.217. The molecule has 0 saturated carbocycles. The first kappa shape index (κ1) is 13.0. The molecule has 1 aromatic carbocycles. The topological polar surface area (TPSA) is 63.8 Å². The van der Waals surface area contributed by atoms with E-state index in [1.165, 1.54) is 17.1 Å². The fraction of sp³-hybridized carbons (Fsp3) is 0.385. The standard InChI is InChI=1S/C13H18N4S/c1-10(14)7-8-15-13-16-12(17-18-13)9-11-5-3-2-4-6-11/h2-6,10H,7-9,14H2,1H3,(H,15,16,17). The Hall–Kier alpha value is -1.46. The van der Waals surface area contributed by atoms with Gasteiger partial charge in [0.1, 0.15) is 5.82 Å². The summed E-state index contributed by atoms with van der Waals surface area (Å²) >= 11 is 1.41. The summed E-state index contributed by atoms with van der Waals surface area (Å²) in [6.45, 7) is 2.85. The zero-order chi connectivity index (χ0) is 12.8.